The van der Waals surface area contributed by atoms with Crippen molar-refractivity contribution in [1.29, 1.82) is 0 Å². The van der Waals surface area contributed by atoms with Gasteiger partial charge in [-0.05, 0) is 12.1 Å². The van der Waals surface area contributed by atoms with E-state index in [9.17, 15) is 0 Å². The molecule has 0 spiro atoms. The van der Waals surface area contributed by atoms with Gasteiger partial charge in [0.25, 0.3) is 0 Å². The molecule has 0 aromatic carbocycles. The fraction of sp³-hybridized carbons (Fsp3) is 0.400. The lowest BCUT2D eigenvalue weighted by atomic mass is 10.3. The number of rotatable bonds is 1. The van der Waals surface area contributed by atoms with Gasteiger partial charge in [-0.1, -0.05) is 0 Å². The van der Waals surface area contributed by atoms with Crippen LogP contribution in [0.15, 0.2) is 12.1 Å². The summed E-state index contributed by atoms with van der Waals surface area (Å²) in [6.45, 7) is 1.76. The summed E-state index contributed by atoms with van der Waals surface area (Å²) in [6, 6.07) is 3.60. The Bertz CT molecular complexity index is 504. The van der Waals surface area contributed by atoms with Crippen molar-refractivity contribution in [2.45, 2.75) is 6.10 Å². The molecule has 0 saturated carbocycles. The zero-order valence-electron chi connectivity index (χ0n) is 8.64. The Kier molecular flexibility index (Phi) is 2.23. The van der Waals surface area contributed by atoms with Crippen LogP contribution in [-0.2, 0) is 9.47 Å². The maximum Gasteiger partial charge on any atom is 0.179 e. The Hall–Kier alpha value is -1.66. The fourth-order valence-corrected chi connectivity index (χ4v) is 1.72. The molecule has 84 valence electrons. The van der Waals surface area contributed by atoms with Gasteiger partial charge in [-0.3, -0.25) is 0 Å². The van der Waals surface area contributed by atoms with Crippen LogP contribution in [0.4, 0.5) is 5.82 Å². The third kappa shape index (κ3) is 1.62. The third-order valence-corrected chi connectivity index (χ3v) is 2.51. The number of aromatic nitrogens is 3. The van der Waals surface area contributed by atoms with Crippen LogP contribution in [0.5, 0.6) is 0 Å². The first-order valence-electron chi connectivity index (χ1n) is 5.14. The summed E-state index contributed by atoms with van der Waals surface area (Å²) in [6.07, 6.45) is -0.135. The number of ether oxygens (including phenoxy) is 2. The standard InChI is InChI=1S/C10H12N4O2/c11-8-2-1-6-9(13-8)14-10(12-6)7-5-15-3-4-16-7/h1-2,7H,3-5H2,(H3,11,12,13,14). The number of nitrogens with one attached hydrogen (secondary N) is 1. The summed E-state index contributed by atoms with van der Waals surface area (Å²) >= 11 is 0. The largest absolute Gasteiger partial charge is 0.384 e. The van der Waals surface area contributed by atoms with Crippen molar-refractivity contribution in [3.05, 3.63) is 18.0 Å². The Morgan fingerprint density at radius 1 is 1.31 bits per heavy atom. The summed E-state index contributed by atoms with van der Waals surface area (Å²) < 4.78 is 10.9. The second-order valence-corrected chi connectivity index (χ2v) is 3.66. The number of imidazole rings is 1. The molecule has 1 fully saturated rings. The van der Waals surface area contributed by atoms with Gasteiger partial charge in [-0.25, -0.2) is 9.97 Å². The lowest BCUT2D eigenvalue weighted by molar-refractivity contribution is -0.0931. The number of anilines is 1. The summed E-state index contributed by atoms with van der Waals surface area (Å²) in [5.41, 5.74) is 7.07. The first kappa shape index (κ1) is 9.56. The summed E-state index contributed by atoms with van der Waals surface area (Å²) in [5, 5.41) is 0. The Labute approximate surface area is 91.8 Å². The molecule has 3 heterocycles. The molecule has 0 radical (unpaired) electrons. The molecule has 1 atom stereocenters. The van der Waals surface area contributed by atoms with Crippen molar-refractivity contribution in [1.82, 2.24) is 15.0 Å². The second kappa shape index (κ2) is 3.73. The molecule has 16 heavy (non-hydrogen) atoms. The molecule has 0 aliphatic carbocycles. The van der Waals surface area contributed by atoms with E-state index in [0.29, 0.717) is 31.3 Å². The lowest BCUT2D eigenvalue weighted by Gasteiger charge is -2.20. The highest BCUT2D eigenvalue weighted by atomic mass is 16.6. The van der Waals surface area contributed by atoms with Crippen molar-refractivity contribution < 1.29 is 9.47 Å². The number of nitrogens with two attached hydrogens (primary N) is 1. The average Bonchev–Trinajstić information content (AvgIpc) is 2.73. The van der Waals surface area contributed by atoms with E-state index in [1.165, 1.54) is 0 Å². The first-order chi connectivity index (χ1) is 7.83. The number of pyridine rings is 1. The van der Waals surface area contributed by atoms with Gasteiger partial charge in [-0.2, -0.15) is 0 Å². The van der Waals surface area contributed by atoms with Gasteiger partial charge < -0.3 is 20.2 Å². The van der Waals surface area contributed by atoms with E-state index in [-0.39, 0.29) is 6.10 Å². The van der Waals surface area contributed by atoms with Crippen LogP contribution in [0.3, 0.4) is 0 Å². The number of nitrogen functional groups attached to an aromatic ring is 1. The van der Waals surface area contributed by atoms with Gasteiger partial charge in [0.05, 0.1) is 25.3 Å². The number of H-pyrrole nitrogens is 1. The van der Waals surface area contributed by atoms with Crippen LogP contribution in [-0.4, -0.2) is 34.8 Å². The molecule has 0 bridgehead atoms. The van der Waals surface area contributed by atoms with E-state index in [1.807, 2.05) is 6.07 Å². The van der Waals surface area contributed by atoms with Crippen LogP contribution in [0.2, 0.25) is 0 Å². The van der Waals surface area contributed by atoms with Crippen molar-refractivity contribution >= 4 is 17.0 Å². The molecule has 1 aliphatic rings. The van der Waals surface area contributed by atoms with Crippen molar-refractivity contribution in [2.24, 2.45) is 0 Å². The quantitative estimate of drug-likeness (QED) is 0.736. The van der Waals surface area contributed by atoms with Crippen LogP contribution in [0, 0.1) is 0 Å². The summed E-state index contributed by atoms with van der Waals surface area (Å²) in [4.78, 5) is 11.6. The zero-order chi connectivity index (χ0) is 11.0. The Balaban J connectivity index is 1.97. The minimum absolute atomic E-state index is 0.135. The molecule has 1 saturated heterocycles. The fourth-order valence-electron chi connectivity index (χ4n) is 1.72. The van der Waals surface area contributed by atoms with Crippen molar-refractivity contribution in [3.8, 4) is 0 Å². The van der Waals surface area contributed by atoms with Crippen LogP contribution in [0.1, 0.15) is 11.9 Å². The Morgan fingerprint density at radius 2 is 2.25 bits per heavy atom. The highest BCUT2D eigenvalue weighted by molar-refractivity contribution is 5.72. The predicted octanol–water partition coefficient (Wildman–Crippen LogP) is 0.628. The van der Waals surface area contributed by atoms with E-state index >= 15 is 0 Å². The Morgan fingerprint density at radius 3 is 3.06 bits per heavy atom. The monoisotopic (exact) mass is 220 g/mol. The lowest BCUT2D eigenvalue weighted by Crippen LogP contribution is -2.22. The molecular weight excluding hydrogens is 208 g/mol. The molecular formula is C10H12N4O2. The maximum absolute atomic E-state index is 5.59. The predicted molar refractivity (Wildman–Crippen MR) is 57.8 cm³/mol. The van der Waals surface area contributed by atoms with E-state index in [0.717, 1.165) is 11.3 Å². The number of hydrogen-bond acceptors (Lipinski definition) is 5. The molecule has 1 aliphatic heterocycles. The van der Waals surface area contributed by atoms with E-state index in [2.05, 4.69) is 15.0 Å². The molecule has 0 amide bonds. The van der Waals surface area contributed by atoms with Crippen LogP contribution >= 0.6 is 0 Å². The van der Waals surface area contributed by atoms with Crippen LogP contribution in [0.25, 0.3) is 11.2 Å². The molecule has 6 heteroatoms. The van der Waals surface area contributed by atoms with Gasteiger partial charge in [0.1, 0.15) is 17.7 Å². The molecule has 1 unspecified atom stereocenters. The summed E-state index contributed by atoms with van der Waals surface area (Å²) in [7, 11) is 0. The average molecular weight is 220 g/mol. The van der Waals surface area contributed by atoms with Gasteiger partial charge in [0, 0.05) is 0 Å². The van der Waals surface area contributed by atoms with E-state index in [1.54, 1.807) is 6.07 Å². The van der Waals surface area contributed by atoms with Crippen LogP contribution < -0.4 is 5.73 Å². The number of aromatic amines is 1. The second-order valence-electron chi connectivity index (χ2n) is 3.66. The molecule has 2 aromatic rings. The smallest absolute Gasteiger partial charge is 0.179 e. The first-order valence-corrected chi connectivity index (χ1v) is 5.14. The van der Waals surface area contributed by atoms with Gasteiger partial charge in [0.2, 0.25) is 0 Å². The molecule has 2 aromatic heterocycles. The van der Waals surface area contributed by atoms with Gasteiger partial charge in [-0.15, -0.1) is 0 Å². The number of hydrogen-bond donors (Lipinski definition) is 2. The third-order valence-electron chi connectivity index (χ3n) is 2.51. The summed E-state index contributed by atoms with van der Waals surface area (Å²) in [5.74, 6) is 1.21. The topological polar surface area (TPSA) is 86.1 Å². The highest BCUT2D eigenvalue weighted by Gasteiger charge is 2.20. The maximum atomic E-state index is 5.59. The number of fused-ring (bicyclic) bond motifs is 1. The van der Waals surface area contributed by atoms with Gasteiger partial charge >= 0.3 is 0 Å². The molecule has 3 N–H and O–H groups in total. The van der Waals surface area contributed by atoms with Crippen molar-refractivity contribution in [2.75, 3.05) is 25.6 Å². The normalized spacial score (nSPS) is 21.4. The number of nitrogens with zero attached hydrogens (tertiary/aromatic N) is 2. The minimum atomic E-state index is -0.135. The zero-order valence-corrected chi connectivity index (χ0v) is 8.64. The van der Waals surface area contributed by atoms with E-state index < -0.39 is 0 Å². The SMILES string of the molecule is Nc1ccc2[nH]c(C3COCCO3)nc2n1. The highest BCUT2D eigenvalue weighted by Crippen LogP contribution is 2.20. The van der Waals surface area contributed by atoms with E-state index in [4.69, 9.17) is 15.2 Å². The molecule has 3 rings (SSSR count). The van der Waals surface area contributed by atoms with Crippen molar-refractivity contribution in [3.63, 3.8) is 0 Å². The molecule has 6 nitrogen and oxygen atoms in total. The van der Waals surface area contributed by atoms with Gasteiger partial charge in [0.15, 0.2) is 5.65 Å². The minimum Gasteiger partial charge on any atom is -0.384 e.